The number of hydrogen-bond acceptors (Lipinski definition) is 4. The highest BCUT2D eigenvalue weighted by molar-refractivity contribution is 6.07. The summed E-state index contributed by atoms with van der Waals surface area (Å²) in [6, 6.07) is 30.1. The first kappa shape index (κ1) is 27.1. The highest BCUT2D eigenvalue weighted by Crippen LogP contribution is 2.33. The number of nitrogens with one attached hydrogen (secondary N) is 1. The number of carbonyl (C=O) groups is 2. The molecule has 2 aliphatic heterocycles. The summed E-state index contributed by atoms with van der Waals surface area (Å²) in [4.78, 5) is 36.4. The van der Waals surface area contributed by atoms with E-state index in [0.29, 0.717) is 24.3 Å². The lowest BCUT2D eigenvalue weighted by molar-refractivity contribution is 0.0509. The van der Waals surface area contributed by atoms with Crippen molar-refractivity contribution in [1.82, 2.24) is 19.8 Å². The Bertz CT molecular complexity index is 1830. The Balaban J connectivity index is 1.20. The number of para-hydroxylation sites is 1. The summed E-state index contributed by atoms with van der Waals surface area (Å²) in [5.74, 6) is -0.104. The van der Waals surface area contributed by atoms with Gasteiger partial charge in [-0.1, -0.05) is 60.7 Å². The van der Waals surface area contributed by atoms with Crippen LogP contribution in [-0.4, -0.2) is 51.9 Å². The molecule has 43 heavy (non-hydrogen) atoms. The van der Waals surface area contributed by atoms with Gasteiger partial charge in [0.15, 0.2) is 0 Å². The molecular weight excluding hydrogens is 534 g/mol. The van der Waals surface area contributed by atoms with Gasteiger partial charge in [-0.15, -0.1) is 0 Å². The van der Waals surface area contributed by atoms with Gasteiger partial charge in [-0.2, -0.15) is 0 Å². The number of nitrogens with zero attached hydrogens (tertiary/aromatic N) is 4. The normalized spacial score (nSPS) is 15.8. The number of benzene rings is 3. The number of aromatic nitrogens is 2. The van der Waals surface area contributed by atoms with Gasteiger partial charge in [-0.25, -0.2) is 0 Å². The number of carbonyl (C=O) groups excluding carboxylic acids is 2. The lowest BCUT2D eigenvalue weighted by Gasteiger charge is -2.42. The van der Waals surface area contributed by atoms with Crippen molar-refractivity contribution in [2.45, 2.75) is 38.4 Å². The zero-order chi connectivity index (χ0) is 29.6. The molecule has 2 amide bonds. The molecule has 1 fully saturated rings. The van der Waals surface area contributed by atoms with Crippen LogP contribution in [0, 0.1) is 0 Å². The van der Waals surface area contributed by atoms with Gasteiger partial charge in [0.05, 0.1) is 24.3 Å². The van der Waals surface area contributed by atoms with Gasteiger partial charge in [-0.3, -0.25) is 14.6 Å². The Labute approximate surface area is 251 Å². The minimum Gasteiger partial charge on any atom is -0.335 e. The number of amides is 2. The van der Waals surface area contributed by atoms with Crippen LogP contribution in [0.5, 0.6) is 0 Å². The molecule has 216 valence electrons. The number of anilines is 1. The van der Waals surface area contributed by atoms with Crippen LogP contribution in [0.25, 0.3) is 22.0 Å². The van der Waals surface area contributed by atoms with Crippen molar-refractivity contribution in [2.75, 3.05) is 25.0 Å². The van der Waals surface area contributed by atoms with Crippen molar-refractivity contribution >= 4 is 28.3 Å². The maximum atomic E-state index is 14.1. The maximum absolute atomic E-state index is 14.1. The van der Waals surface area contributed by atoms with Crippen LogP contribution in [-0.2, 0) is 13.1 Å². The van der Waals surface area contributed by atoms with Crippen molar-refractivity contribution < 1.29 is 9.59 Å². The summed E-state index contributed by atoms with van der Waals surface area (Å²) in [6.07, 6.45) is 3.51. The van der Waals surface area contributed by atoms with Crippen LogP contribution in [0.4, 0.5) is 5.69 Å². The van der Waals surface area contributed by atoms with E-state index >= 15 is 0 Å². The van der Waals surface area contributed by atoms with Crippen LogP contribution in [0.2, 0.25) is 0 Å². The van der Waals surface area contributed by atoms with E-state index in [2.05, 4.69) is 41.1 Å². The molecule has 0 radical (unpaired) electrons. The molecule has 4 heterocycles. The number of fused-ring (bicyclic) bond motifs is 3. The third kappa shape index (κ3) is 4.79. The molecule has 7 rings (SSSR count). The number of piperidine rings is 1. The van der Waals surface area contributed by atoms with E-state index in [1.165, 1.54) is 0 Å². The molecule has 2 aliphatic rings. The minimum absolute atomic E-state index is 0.0149. The molecule has 7 heteroatoms. The van der Waals surface area contributed by atoms with Gasteiger partial charge in [0.1, 0.15) is 5.69 Å². The average Bonchev–Trinajstić information content (AvgIpc) is 3.36. The third-order valence-corrected chi connectivity index (χ3v) is 9.34. The lowest BCUT2D eigenvalue weighted by Crippen LogP contribution is -2.53. The zero-order valence-electron chi connectivity index (χ0n) is 24.6. The molecule has 7 nitrogen and oxygen atoms in total. The van der Waals surface area contributed by atoms with E-state index in [0.717, 1.165) is 64.9 Å². The number of pyridine rings is 1. The van der Waals surface area contributed by atoms with Crippen LogP contribution in [0.1, 0.15) is 51.9 Å². The number of rotatable bonds is 4. The monoisotopic (exact) mass is 569 g/mol. The summed E-state index contributed by atoms with van der Waals surface area (Å²) in [6.45, 7) is 4.87. The van der Waals surface area contributed by atoms with Crippen molar-refractivity contribution in [3.8, 4) is 11.3 Å². The zero-order valence-corrected chi connectivity index (χ0v) is 24.6. The molecular formula is C36H35N5O2. The fraction of sp³-hybridized carbons (Fsp3) is 0.250. The van der Waals surface area contributed by atoms with Crippen molar-refractivity contribution in [3.63, 3.8) is 0 Å². The molecule has 0 unspecified atom stereocenters. The summed E-state index contributed by atoms with van der Waals surface area (Å²) in [5, 5.41) is 5.68. The average molecular weight is 570 g/mol. The van der Waals surface area contributed by atoms with Gasteiger partial charge < -0.3 is 19.7 Å². The summed E-state index contributed by atoms with van der Waals surface area (Å²) < 4.78 is 2.08. The molecule has 0 saturated carbocycles. The van der Waals surface area contributed by atoms with Gasteiger partial charge in [0.2, 0.25) is 0 Å². The predicted octanol–water partition coefficient (Wildman–Crippen LogP) is 6.13. The smallest absolute Gasteiger partial charge is 0.270 e. The fourth-order valence-corrected chi connectivity index (χ4v) is 6.53. The largest absolute Gasteiger partial charge is 0.335 e. The standard InChI is InChI=1S/C36H35N5O2/c1-36(18-20-37-21-19-36)39(2)35(43)33-17-15-28-24-41(32-13-6-4-9-27(32)23-40(28)33)34(42)26-14-16-31(38-22-26)30-12-7-10-25-8-3-5-11-29(25)30/h3-17,22,37H,18-21,23-24H2,1-2H3. The maximum Gasteiger partial charge on any atom is 0.270 e. The fourth-order valence-electron chi connectivity index (χ4n) is 6.53. The van der Waals surface area contributed by atoms with E-state index in [9.17, 15) is 9.59 Å². The topological polar surface area (TPSA) is 70.5 Å². The van der Waals surface area contributed by atoms with Gasteiger partial charge >= 0.3 is 0 Å². The van der Waals surface area contributed by atoms with Crippen molar-refractivity contribution in [1.29, 1.82) is 0 Å². The van der Waals surface area contributed by atoms with Gasteiger partial charge in [-0.05, 0) is 79.5 Å². The van der Waals surface area contributed by atoms with Gasteiger partial charge in [0, 0.05) is 35.7 Å². The number of hydrogen-bond donors (Lipinski definition) is 1. The molecule has 0 atom stereocenters. The molecule has 0 aliphatic carbocycles. The van der Waals surface area contributed by atoms with Crippen molar-refractivity contribution in [2.24, 2.45) is 0 Å². The second-order valence-corrected chi connectivity index (χ2v) is 11.9. The SMILES string of the molecule is CN(C(=O)c1ccc2n1Cc1ccccc1N(C(=O)c1ccc(-c3cccc4ccccc34)nc1)C2)C1(C)CCNCC1. The van der Waals surface area contributed by atoms with Gasteiger partial charge in [0.25, 0.3) is 11.8 Å². The summed E-state index contributed by atoms with van der Waals surface area (Å²) in [5.41, 5.74) is 5.63. The van der Waals surface area contributed by atoms with E-state index in [-0.39, 0.29) is 17.4 Å². The Morgan fingerprint density at radius 3 is 2.44 bits per heavy atom. The van der Waals surface area contributed by atoms with Crippen LogP contribution in [0.15, 0.2) is 97.2 Å². The molecule has 0 bridgehead atoms. The quantitative estimate of drug-likeness (QED) is 0.283. The first-order valence-electron chi connectivity index (χ1n) is 14.9. The second kappa shape index (κ2) is 10.8. The van der Waals surface area contributed by atoms with E-state index in [4.69, 9.17) is 4.98 Å². The lowest BCUT2D eigenvalue weighted by atomic mass is 9.88. The third-order valence-electron chi connectivity index (χ3n) is 9.34. The Kier molecular flexibility index (Phi) is 6.82. The molecule has 0 spiro atoms. The minimum atomic E-state index is -0.192. The Morgan fingerprint density at radius 2 is 1.63 bits per heavy atom. The molecule has 1 N–H and O–H groups in total. The highest BCUT2D eigenvalue weighted by atomic mass is 16.2. The Morgan fingerprint density at radius 1 is 0.860 bits per heavy atom. The molecule has 2 aromatic heterocycles. The van der Waals surface area contributed by atoms with Crippen LogP contribution >= 0.6 is 0 Å². The first-order chi connectivity index (χ1) is 20.9. The first-order valence-corrected chi connectivity index (χ1v) is 14.9. The van der Waals surface area contributed by atoms with E-state index in [1.54, 1.807) is 6.20 Å². The molecule has 3 aromatic carbocycles. The summed E-state index contributed by atoms with van der Waals surface area (Å²) in [7, 11) is 1.92. The van der Waals surface area contributed by atoms with Crippen LogP contribution in [0.3, 0.4) is 0 Å². The van der Waals surface area contributed by atoms with Crippen molar-refractivity contribution in [3.05, 3.63) is 120 Å². The summed E-state index contributed by atoms with van der Waals surface area (Å²) >= 11 is 0. The predicted molar refractivity (Wildman–Crippen MR) is 170 cm³/mol. The second-order valence-electron chi connectivity index (χ2n) is 11.9. The Hall–Kier alpha value is -4.75. The van der Waals surface area contributed by atoms with E-state index < -0.39 is 0 Å². The molecule has 5 aromatic rings. The molecule has 1 saturated heterocycles. The van der Waals surface area contributed by atoms with E-state index in [1.807, 2.05) is 83.6 Å². The highest BCUT2D eigenvalue weighted by Gasteiger charge is 2.36. The van der Waals surface area contributed by atoms with Crippen LogP contribution < -0.4 is 10.2 Å².